The number of anilines is 1. The van der Waals surface area contributed by atoms with E-state index >= 15 is 0 Å². The van der Waals surface area contributed by atoms with E-state index in [4.69, 9.17) is 10.5 Å². The van der Waals surface area contributed by atoms with E-state index in [1.54, 1.807) is 7.11 Å². The molecule has 6 heteroatoms. The third kappa shape index (κ3) is 2.43. The monoisotopic (exact) mass is 275 g/mol. The number of fused-ring (bicyclic) bond motifs is 1. The van der Waals surface area contributed by atoms with Crippen LogP contribution in [0.5, 0.6) is 5.88 Å². The molecule has 0 atom stereocenters. The molecule has 20 heavy (non-hydrogen) atoms. The van der Waals surface area contributed by atoms with E-state index < -0.39 is 0 Å². The van der Waals surface area contributed by atoms with Crippen LogP contribution in [0, 0.1) is 0 Å². The van der Waals surface area contributed by atoms with Gasteiger partial charge in [-0.15, -0.1) is 0 Å². The number of nitrogen functional groups attached to an aromatic ring is 1. The van der Waals surface area contributed by atoms with Crippen LogP contribution in [-0.4, -0.2) is 45.7 Å². The van der Waals surface area contributed by atoms with Gasteiger partial charge in [0.25, 0.3) is 0 Å². The highest BCUT2D eigenvalue weighted by molar-refractivity contribution is 5.74. The predicted molar refractivity (Wildman–Crippen MR) is 78.8 cm³/mol. The Labute approximate surface area is 118 Å². The molecular weight excluding hydrogens is 254 g/mol. The Hall–Kier alpha value is -1.82. The van der Waals surface area contributed by atoms with Crippen LogP contribution in [0.4, 0.5) is 5.95 Å². The Morgan fingerprint density at radius 1 is 1.40 bits per heavy atom. The zero-order chi connectivity index (χ0) is 14.1. The predicted octanol–water partition coefficient (Wildman–Crippen LogP) is 1.51. The highest BCUT2D eigenvalue weighted by Gasteiger charge is 2.27. The lowest BCUT2D eigenvalue weighted by Crippen LogP contribution is -2.29. The van der Waals surface area contributed by atoms with Gasteiger partial charge >= 0.3 is 0 Å². The topological polar surface area (TPSA) is 69.2 Å². The van der Waals surface area contributed by atoms with Crippen LogP contribution in [0.15, 0.2) is 12.1 Å². The molecule has 2 N–H and O–H groups in total. The Morgan fingerprint density at radius 3 is 2.85 bits per heavy atom. The minimum Gasteiger partial charge on any atom is -0.481 e. The van der Waals surface area contributed by atoms with Crippen LogP contribution in [-0.2, 0) is 6.54 Å². The van der Waals surface area contributed by atoms with Gasteiger partial charge in [0.15, 0.2) is 5.65 Å². The van der Waals surface area contributed by atoms with E-state index in [1.165, 1.54) is 12.8 Å². The van der Waals surface area contributed by atoms with E-state index in [0.717, 1.165) is 36.8 Å². The normalized spacial score (nSPS) is 15.2. The van der Waals surface area contributed by atoms with E-state index in [-0.39, 0.29) is 0 Å². The molecule has 0 bridgehead atoms. The smallest absolute Gasteiger partial charge is 0.215 e. The molecule has 0 aromatic carbocycles. The first-order valence-electron chi connectivity index (χ1n) is 7.13. The van der Waals surface area contributed by atoms with Crippen molar-refractivity contribution in [2.24, 2.45) is 0 Å². The molecule has 1 saturated carbocycles. The number of imidazole rings is 1. The SMILES string of the molecule is CCN(CCn1c(N)nc2ccc(OC)nc21)C1CC1. The Bertz CT molecular complexity index is 605. The molecule has 0 radical (unpaired) electrons. The molecule has 2 aromatic rings. The molecule has 2 aromatic heterocycles. The van der Waals surface area contributed by atoms with Crippen molar-refractivity contribution in [3.8, 4) is 5.88 Å². The zero-order valence-electron chi connectivity index (χ0n) is 12.0. The average molecular weight is 275 g/mol. The van der Waals surface area contributed by atoms with Gasteiger partial charge in [-0.1, -0.05) is 6.92 Å². The number of rotatable bonds is 6. The van der Waals surface area contributed by atoms with Gasteiger partial charge in [0, 0.05) is 25.2 Å². The number of likely N-dealkylation sites (N-methyl/N-ethyl adjacent to an activating group) is 1. The second-order valence-electron chi connectivity index (χ2n) is 5.18. The second kappa shape index (κ2) is 5.28. The summed E-state index contributed by atoms with van der Waals surface area (Å²) in [6.07, 6.45) is 2.64. The van der Waals surface area contributed by atoms with Gasteiger partial charge in [0.2, 0.25) is 11.8 Å². The maximum Gasteiger partial charge on any atom is 0.215 e. The summed E-state index contributed by atoms with van der Waals surface area (Å²) in [5, 5.41) is 0. The lowest BCUT2D eigenvalue weighted by molar-refractivity contribution is 0.267. The van der Waals surface area contributed by atoms with Crippen LogP contribution < -0.4 is 10.5 Å². The Kier molecular flexibility index (Phi) is 3.48. The summed E-state index contributed by atoms with van der Waals surface area (Å²) in [6, 6.07) is 4.47. The van der Waals surface area contributed by atoms with Crippen molar-refractivity contribution < 1.29 is 4.74 Å². The van der Waals surface area contributed by atoms with Gasteiger partial charge in [-0.2, -0.15) is 4.98 Å². The third-order valence-corrected chi connectivity index (χ3v) is 3.89. The van der Waals surface area contributed by atoms with E-state index in [2.05, 4.69) is 21.8 Å². The number of hydrogen-bond donors (Lipinski definition) is 1. The number of pyridine rings is 1. The summed E-state index contributed by atoms with van der Waals surface area (Å²) < 4.78 is 7.15. The van der Waals surface area contributed by atoms with Gasteiger partial charge in [-0.25, -0.2) is 4.98 Å². The molecule has 0 unspecified atom stereocenters. The molecule has 2 heterocycles. The van der Waals surface area contributed by atoms with Crippen molar-refractivity contribution in [2.45, 2.75) is 32.4 Å². The van der Waals surface area contributed by atoms with E-state index in [0.29, 0.717) is 11.8 Å². The average Bonchev–Trinajstić information content (AvgIpc) is 3.24. The molecule has 6 nitrogen and oxygen atoms in total. The fourth-order valence-corrected chi connectivity index (χ4v) is 2.60. The third-order valence-electron chi connectivity index (χ3n) is 3.89. The number of nitrogens with two attached hydrogens (primary N) is 1. The highest BCUT2D eigenvalue weighted by Crippen LogP contribution is 2.26. The molecule has 0 aliphatic heterocycles. The number of aromatic nitrogens is 3. The Morgan fingerprint density at radius 2 is 2.20 bits per heavy atom. The lowest BCUT2D eigenvalue weighted by atomic mass is 10.4. The van der Waals surface area contributed by atoms with Crippen molar-refractivity contribution in [1.82, 2.24) is 19.4 Å². The van der Waals surface area contributed by atoms with Gasteiger partial charge < -0.3 is 10.5 Å². The van der Waals surface area contributed by atoms with E-state index in [9.17, 15) is 0 Å². The molecule has 1 aliphatic carbocycles. The number of hydrogen-bond acceptors (Lipinski definition) is 5. The molecule has 0 saturated heterocycles. The second-order valence-corrected chi connectivity index (χ2v) is 5.18. The molecule has 1 fully saturated rings. The first kappa shape index (κ1) is 13.2. The van der Waals surface area contributed by atoms with Gasteiger partial charge in [-0.05, 0) is 25.5 Å². The summed E-state index contributed by atoms with van der Waals surface area (Å²) in [7, 11) is 1.62. The highest BCUT2D eigenvalue weighted by atomic mass is 16.5. The molecule has 108 valence electrons. The molecule has 1 aliphatic rings. The number of nitrogens with zero attached hydrogens (tertiary/aromatic N) is 4. The summed E-state index contributed by atoms with van der Waals surface area (Å²) in [5.74, 6) is 1.11. The van der Waals surface area contributed by atoms with Gasteiger partial charge in [0.05, 0.1) is 7.11 Å². The maximum absolute atomic E-state index is 6.02. The number of ether oxygens (including phenoxy) is 1. The van der Waals surface area contributed by atoms with E-state index in [1.807, 2.05) is 16.7 Å². The van der Waals surface area contributed by atoms with Crippen molar-refractivity contribution in [3.05, 3.63) is 12.1 Å². The van der Waals surface area contributed by atoms with Crippen molar-refractivity contribution >= 4 is 17.1 Å². The number of methoxy groups -OCH3 is 1. The largest absolute Gasteiger partial charge is 0.481 e. The van der Waals surface area contributed by atoms with Crippen molar-refractivity contribution in [3.63, 3.8) is 0 Å². The first-order chi connectivity index (χ1) is 9.72. The molecule has 0 spiro atoms. The minimum absolute atomic E-state index is 0.521. The van der Waals surface area contributed by atoms with Crippen LogP contribution in [0.2, 0.25) is 0 Å². The maximum atomic E-state index is 6.02. The quantitative estimate of drug-likeness (QED) is 0.865. The standard InChI is InChI=1S/C14H21N5O/c1-3-18(10-4-5-10)8-9-19-13-11(16-14(19)15)6-7-12(17-13)20-2/h6-7,10H,3-5,8-9H2,1-2H3,(H2,15,16). The summed E-state index contributed by atoms with van der Waals surface area (Å²) in [4.78, 5) is 11.3. The van der Waals surface area contributed by atoms with Crippen LogP contribution >= 0.6 is 0 Å². The summed E-state index contributed by atoms with van der Waals surface area (Å²) in [6.45, 7) is 5.07. The lowest BCUT2D eigenvalue weighted by Gasteiger charge is -2.20. The summed E-state index contributed by atoms with van der Waals surface area (Å²) >= 11 is 0. The fourth-order valence-electron chi connectivity index (χ4n) is 2.60. The minimum atomic E-state index is 0.521. The Balaban J connectivity index is 1.83. The molecular formula is C14H21N5O. The van der Waals surface area contributed by atoms with Crippen LogP contribution in [0.1, 0.15) is 19.8 Å². The molecule has 0 amide bonds. The van der Waals surface area contributed by atoms with Crippen LogP contribution in [0.25, 0.3) is 11.2 Å². The van der Waals surface area contributed by atoms with Gasteiger partial charge in [-0.3, -0.25) is 9.47 Å². The summed E-state index contributed by atoms with van der Waals surface area (Å²) in [5.41, 5.74) is 7.63. The van der Waals surface area contributed by atoms with Crippen molar-refractivity contribution in [1.29, 1.82) is 0 Å². The molecule has 3 rings (SSSR count). The van der Waals surface area contributed by atoms with Crippen LogP contribution in [0.3, 0.4) is 0 Å². The first-order valence-corrected chi connectivity index (χ1v) is 7.13. The fraction of sp³-hybridized carbons (Fsp3) is 0.571. The van der Waals surface area contributed by atoms with Gasteiger partial charge in [0.1, 0.15) is 5.52 Å². The van der Waals surface area contributed by atoms with Crippen molar-refractivity contribution in [2.75, 3.05) is 25.9 Å². The zero-order valence-corrected chi connectivity index (χ0v) is 12.0.